The van der Waals surface area contributed by atoms with Gasteiger partial charge in [-0.15, -0.1) is 0 Å². The fourth-order valence-corrected chi connectivity index (χ4v) is 2.57. The molecule has 0 saturated heterocycles. The number of rotatable bonds is 6. The van der Waals surface area contributed by atoms with E-state index in [0.717, 1.165) is 11.0 Å². The molecule has 6 nitrogen and oxygen atoms in total. The number of alkyl halides is 6. The summed E-state index contributed by atoms with van der Waals surface area (Å²) in [7, 11) is 0. The van der Waals surface area contributed by atoms with Crippen LogP contribution < -0.4 is 4.74 Å². The van der Waals surface area contributed by atoms with Crippen LogP contribution in [0.25, 0.3) is 16.9 Å². The maximum Gasteiger partial charge on any atom is 0.425 e. The normalized spacial score (nSPS) is 13.3. The summed E-state index contributed by atoms with van der Waals surface area (Å²) in [4.78, 5) is 11.4. The highest BCUT2D eigenvalue weighted by Gasteiger charge is 2.57. The Bertz CT molecular complexity index is 982. The van der Waals surface area contributed by atoms with E-state index in [-0.39, 0.29) is 22.0 Å². The lowest BCUT2D eigenvalue weighted by atomic mass is 10.1. The van der Waals surface area contributed by atoms with Gasteiger partial charge in [-0.25, -0.2) is 24.0 Å². The maximum absolute atomic E-state index is 13.7. The zero-order valence-corrected chi connectivity index (χ0v) is 14.9. The zero-order chi connectivity index (χ0) is 21.2. The summed E-state index contributed by atoms with van der Waals surface area (Å²) in [6, 6.07) is 6.13. The first kappa shape index (κ1) is 20.8. The van der Waals surface area contributed by atoms with Crippen molar-refractivity contribution in [1.82, 2.24) is 24.7 Å². The Hall–Kier alpha value is -2.89. The molecule has 0 aliphatic carbocycles. The molecular formula is C16H10ClF6N5O. The van der Waals surface area contributed by atoms with Crippen LogP contribution in [0.5, 0.6) is 5.88 Å². The van der Waals surface area contributed by atoms with Crippen LogP contribution in [-0.2, 0) is 0 Å². The van der Waals surface area contributed by atoms with Gasteiger partial charge in [-0.2, -0.15) is 27.1 Å². The molecule has 0 bridgehead atoms. The number of nitrogens with zero attached hydrogens (tertiary/aromatic N) is 5. The first-order chi connectivity index (χ1) is 13.6. The van der Waals surface area contributed by atoms with Crippen molar-refractivity contribution in [2.75, 3.05) is 6.61 Å². The summed E-state index contributed by atoms with van der Waals surface area (Å²) in [5, 5.41) is 4.02. The van der Waals surface area contributed by atoms with Gasteiger partial charge in [-0.1, -0.05) is 29.8 Å². The Morgan fingerprint density at radius 1 is 1.07 bits per heavy atom. The Kier molecular flexibility index (Phi) is 5.64. The van der Waals surface area contributed by atoms with Crippen molar-refractivity contribution in [3.63, 3.8) is 0 Å². The van der Waals surface area contributed by atoms with E-state index in [1.165, 1.54) is 24.8 Å². The van der Waals surface area contributed by atoms with Crippen LogP contribution in [0, 0.1) is 0 Å². The van der Waals surface area contributed by atoms with Gasteiger partial charge in [-0.3, -0.25) is 0 Å². The quantitative estimate of drug-likeness (QED) is 0.538. The highest BCUT2D eigenvalue weighted by atomic mass is 35.5. The molecule has 0 saturated carbocycles. The van der Waals surface area contributed by atoms with Crippen molar-refractivity contribution >= 4 is 11.6 Å². The summed E-state index contributed by atoms with van der Waals surface area (Å²) < 4.78 is 83.5. The highest BCUT2D eigenvalue weighted by molar-refractivity contribution is 6.33. The predicted molar refractivity (Wildman–Crippen MR) is 88.8 cm³/mol. The second-order valence-corrected chi connectivity index (χ2v) is 6.06. The Morgan fingerprint density at radius 3 is 2.41 bits per heavy atom. The van der Waals surface area contributed by atoms with Crippen molar-refractivity contribution in [1.29, 1.82) is 0 Å². The zero-order valence-electron chi connectivity index (χ0n) is 14.1. The first-order valence-electron chi connectivity index (χ1n) is 7.77. The molecule has 0 aliphatic heterocycles. The lowest BCUT2D eigenvalue weighted by molar-refractivity contribution is -0.250. The lowest BCUT2D eigenvalue weighted by Gasteiger charge is -2.23. The second-order valence-electron chi connectivity index (χ2n) is 5.65. The van der Waals surface area contributed by atoms with Crippen LogP contribution in [0.1, 0.15) is 0 Å². The van der Waals surface area contributed by atoms with Crippen LogP contribution in [0.4, 0.5) is 26.3 Å². The molecule has 0 N–H and O–H groups in total. The van der Waals surface area contributed by atoms with Crippen LogP contribution in [0.15, 0.2) is 43.2 Å². The number of aromatic nitrogens is 5. The van der Waals surface area contributed by atoms with Gasteiger partial charge in [0.15, 0.2) is 12.4 Å². The van der Waals surface area contributed by atoms with Crippen molar-refractivity contribution in [3.05, 3.63) is 48.3 Å². The molecule has 154 valence electrons. The summed E-state index contributed by atoms with van der Waals surface area (Å²) >= 11 is 6.15. The van der Waals surface area contributed by atoms with Gasteiger partial charge in [0.1, 0.15) is 19.0 Å². The van der Waals surface area contributed by atoms with Gasteiger partial charge in [-0.05, 0) is 6.07 Å². The number of hydrogen-bond donors (Lipinski definition) is 0. The minimum atomic E-state index is -5.75. The second kappa shape index (κ2) is 7.85. The molecular weight excluding hydrogens is 428 g/mol. The van der Waals surface area contributed by atoms with Crippen molar-refractivity contribution < 1.29 is 31.1 Å². The molecule has 0 fully saturated rings. The van der Waals surface area contributed by atoms with Crippen LogP contribution in [0.3, 0.4) is 0 Å². The fourth-order valence-electron chi connectivity index (χ4n) is 2.34. The van der Waals surface area contributed by atoms with Gasteiger partial charge in [0.25, 0.3) is 6.17 Å². The van der Waals surface area contributed by atoms with E-state index in [2.05, 4.69) is 20.1 Å². The van der Waals surface area contributed by atoms with Gasteiger partial charge >= 0.3 is 12.1 Å². The monoisotopic (exact) mass is 437 g/mol. The molecule has 2 heterocycles. The molecule has 2 aromatic heterocycles. The molecule has 29 heavy (non-hydrogen) atoms. The van der Waals surface area contributed by atoms with Gasteiger partial charge < -0.3 is 4.74 Å². The molecule has 3 rings (SSSR count). The molecule has 0 amide bonds. The summed E-state index contributed by atoms with van der Waals surface area (Å²) in [5.74, 6) is -5.38. The third-order valence-corrected chi connectivity index (χ3v) is 3.96. The van der Waals surface area contributed by atoms with E-state index < -0.39 is 30.8 Å². The molecule has 13 heteroatoms. The molecule has 0 radical (unpaired) electrons. The van der Waals surface area contributed by atoms with Crippen LogP contribution in [-0.4, -0.2) is 49.6 Å². The first-order valence-corrected chi connectivity index (χ1v) is 8.15. The maximum atomic E-state index is 13.7. The number of benzene rings is 1. The Morgan fingerprint density at radius 2 is 1.79 bits per heavy atom. The number of halogens is 7. The standard InChI is InChI=1S/C16H10ClF6N5O/c17-10-4-2-1-3-9(10)11-12(28-8-24-6-27-28)25-7-26-13(11)29-5-15(19,20)14(18)16(21,22)23/h1-4,6-8,14H,5H2. The summed E-state index contributed by atoms with van der Waals surface area (Å²) in [6.45, 7) is -1.92. The average Bonchev–Trinajstić information content (AvgIpc) is 3.20. The smallest absolute Gasteiger partial charge is 0.425 e. The molecule has 0 spiro atoms. The summed E-state index contributed by atoms with van der Waals surface area (Å²) in [5.41, 5.74) is 0.188. The van der Waals surface area contributed by atoms with Gasteiger partial charge in [0, 0.05) is 10.6 Å². The lowest BCUT2D eigenvalue weighted by Crippen LogP contribution is -2.45. The minimum absolute atomic E-state index is 0.0107. The average molecular weight is 438 g/mol. The van der Waals surface area contributed by atoms with Crippen LogP contribution >= 0.6 is 11.6 Å². The van der Waals surface area contributed by atoms with E-state index in [1.807, 2.05) is 0 Å². The number of hydrogen-bond acceptors (Lipinski definition) is 5. The topological polar surface area (TPSA) is 65.7 Å². The van der Waals surface area contributed by atoms with Crippen LogP contribution in [0.2, 0.25) is 5.02 Å². The van der Waals surface area contributed by atoms with Crippen molar-refractivity contribution in [2.24, 2.45) is 0 Å². The Labute approximate surface area is 164 Å². The van der Waals surface area contributed by atoms with E-state index in [4.69, 9.17) is 16.3 Å². The third-order valence-electron chi connectivity index (χ3n) is 3.63. The van der Waals surface area contributed by atoms with E-state index in [9.17, 15) is 26.3 Å². The molecule has 1 atom stereocenters. The highest BCUT2D eigenvalue weighted by Crippen LogP contribution is 2.39. The largest absolute Gasteiger partial charge is 0.471 e. The van der Waals surface area contributed by atoms with E-state index >= 15 is 0 Å². The predicted octanol–water partition coefficient (Wildman–Crippen LogP) is 4.29. The SMILES string of the molecule is FC(C(F)(F)F)C(F)(F)COc1ncnc(-n2cncn2)c1-c1ccccc1Cl. The van der Waals surface area contributed by atoms with E-state index in [0.29, 0.717) is 0 Å². The summed E-state index contributed by atoms with van der Waals surface area (Å²) in [6.07, 6.45) is -6.83. The number of ether oxygens (including phenoxy) is 1. The van der Waals surface area contributed by atoms with E-state index in [1.54, 1.807) is 12.1 Å². The third kappa shape index (κ3) is 4.42. The van der Waals surface area contributed by atoms with Gasteiger partial charge in [0.05, 0.1) is 5.56 Å². The molecule has 3 aromatic rings. The molecule has 1 aromatic carbocycles. The molecule has 0 aliphatic rings. The minimum Gasteiger partial charge on any atom is -0.471 e. The van der Waals surface area contributed by atoms with Gasteiger partial charge in [0.2, 0.25) is 5.88 Å². The fraction of sp³-hybridized carbons (Fsp3) is 0.250. The van der Waals surface area contributed by atoms with Crippen molar-refractivity contribution in [2.45, 2.75) is 18.3 Å². The molecule has 1 unspecified atom stereocenters. The Balaban J connectivity index is 2.04. The van der Waals surface area contributed by atoms with Crippen molar-refractivity contribution in [3.8, 4) is 22.8 Å².